The summed E-state index contributed by atoms with van der Waals surface area (Å²) in [6.07, 6.45) is 6.40. The molecule has 0 aromatic rings. The summed E-state index contributed by atoms with van der Waals surface area (Å²) in [6, 6.07) is 1.64. The van der Waals surface area contributed by atoms with Crippen molar-refractivity contribution in [2.45, 2.75) is 76.5 Å². The number of amides is 1. The first-order valence-corrected chi connectivity index (χ1v) is 10.7. The molecule has 0 aromatic carbocycles. The standard InChI is InChI=1S/C20H37N5O2.HI/c1-14(25-9-10-27-13-15(25)2)12-22-20(21-3)24-18-6-4-5-16(11-18)19(26)23-17-7-8-17;/h14-18H,4-13H2,1-3H3,(H,23,26)(H2,21,22,24);1H. The molecule has 0 spiro atoms. The summed E-state index contributed by atoms with van der Waals surface area (Å²) in [5, 5.41) is 10.2. The van der Waals surface area contributed by atoms with Gasteiger partial charge in [-0.3, -0.25) is 14.7 Å². The molecule has 1 amide bonds. The Morgan fingerprint density at radius 3 is 2.68 bits per heavy atom. The van der Waals surface area contributed by atoms with Crippen LogP contribution in [-0.2, 0) is 9.53 Å². The Labute approximate surface area is 186 Å². The molecule has 4 unspecified atom stereocenters. The maximum absolute atomic E-state index is 12.4. The third-order valence-corrected chi connectivity index (χ3v) is 6.08. The number of nitrogens with one attached hydrogen (secondary N) is 3. The molecule has 3 fully saturated rings. The normalized spacial score (nSPS) is 30.1. The number of hydrogen-bond donors (Lipinski definition) is 3. The maximum atomic E-state index is 12.4. The highest BCUT2D eigenvalue weighted by Crippen LogP contribution is 2.26. The quantitative estimate of drug-likeness (QED) is 0.290. The molecular formula is C20H38IN5O2. The van der Waals surface area contributed by atoms with Crippen LogP contribution < -0.4 is 16.0 Å². The minimum absolute atomic E-state index is 0. The van der Waals surface area contributed by atoms with Crippen molar-refractivity contribution in [1.29, 1.82) is 0 Å². The third-order valence-electron chi connectivity index (χ3n) is 6.08. The van der Waals surface area contributed by atoms with Crippen molar-refractivity contribution in [3.63, 3.8) is 0 Å². The predicted molar refractivity (Wildman–Crippen MR) is 123 cm³/mol. The molecule has 2 saturated carbocycles. The van der Waals surface area contributed by atoms with Crippen LogP contribution >= 0.6 is 24.0 Å². The second kappa shape index (κ2) is 11.5. The van der Waals surface area contributed by atoms with Gasteiger partial charge in [0, 0.05) is 50.2 Å². The fourth-order valence-corrected chi connectivity index (χ4v) is 4.25. The minimum atomic E-state index is 0. The van der Waals surface area contributed by atoms with Crippen LogP contribution in [0.4, 0.5) is 0 Å². The van der Waals surface area contributed by atoms with Crippen molar-refractivity contribution in [3.8, 4) is 0 Å². The molecule has 4 atom stereocenters. The van der Waals surface area contributed by atoms with Crippen LogP contribution in [0.25, 0.3) is 0 Å². The SMILES string of the molecule is CN=C(NCC(C)N1CCOCC1C)NC1CCCC(C(=O)NC2CC2)C1.I. The second-order valence-corrected chi connectivity index (χ2v) is 8.45. The van der Waals surface area contributed by atoms with Gasteiger partial charge in [0.1, 0.15) is 0 Å². The summed E-state index contributed by atoms with van der Waals surface area (Å²) in [5.74, 6) is 1.24. The zero-order valence-electron chi connectivity index (χ0n) is 17.6. The van der Waals surface area contributed by atoms with Gasteiger partial charge in [-0.2, -0.15) is 0 Å². The number of ether oxygens (including phenoxy) is 1. The van der Waals surface area contributed by atoms with E-state index < -0.39 is 0 Å². The third kappa shape index (κ3) is 7.02. The number of carbonyl (C=O) groups excluding carboxylic acids is 1. The number of halogens is 1. The minimum Gasteiger partial charge on any atom is -0.379 e. The Morgan fingerprint density at radius 1 is 1.21 bits per heavy atom. The molecule has 7 nitrogen and oxygen atoms in total. The van der Waals surface area contributed by atoms with Crippen molar-refractivity contribution in [1.82, 2.24) is 20.9 Å². The van der Waals surface area contributed by atoms with Gasteiger partial charge in [0.05, 0.1) is 13.2 Å². The van der Waals surface area contributed by atoms with Gasteiger partial charge in [0.25, 0.3) is 0 Å². The molecule has 1 saturated heterocycles. The average molecular weight is 507 g/mol. The molecule has 0 aromatic heterocycles. The van der Waals surface area contributed by atoms with Gasteiger partial charge >= 0.3 is 0 Å². The smallest absolute Gasteiger partial charge is 0.223 e. The second-order valence-electron chi connectivity index (χ2n) is 8.45. The van der Waals surface area contributed by atoms with Gasteiger partial charge in [-0.05, 0) is 46.0 Å². The lowest BCUT2D eigenvalue weighted by Gasteiger charge is -2.38. The number of hydrogen-bond acceptors (Lipinski definition) is 4. The average Bonchev–Trinajstić information content (AvgIpc) is 3.49. The van der Waals surface area contributed by atoms with Gasteiger partial charge in [-0.25, -0.2) is 0 Å². The fraction of sp³-hybridized carbons (Fsp3) is 0.900. The topological polar surface area (TPSA) is 78.0 Å². The van der Waals surface area contributed by atoms with E-state index in [0.717, 1.165) is 70.8 Å². The first-order valence-electron chi connectivity index (χ1n) is 10.7. The Bertz CT molecular complexity index is 529. The van der Waals surface area contributed by atoms with E-state index in [1.807, 2.05) is 7.05 Å². The van der Waals surface area contributed by atoms with Gasteiger partial charge < -0.3 is 20.7 Å². The summed E-state index contributed by atoms with van der Waals surface area (Å²) in [5.41, 5.74) is 0. The van der Waals surface area contributed by atoms with Crippen molar-refractivity contribution in [2.24, 2.45) is 10.9 Å². The van der Waals surface area contributed by atoms with Crippen LogP contribution in [0.15, 0.2) is 4.99 Å². The number of aliphatic imine (C=N–C) groups is 1. The van der Waals surface area contributed by atoms with Crippen LogP contribution in [0, 0.1) is 5.92 Å². The van der Waals surface area contributed by atoms with E-state index in [2.05, 4.69) is 39.7 Å². The Morgan fingerprint density at radius 2 is 2.00 bits per heavy atom. The molecular weight excluding hydrogens is 469 g/mol. The predicted octanol–water partition coefficient (Wildman–Crippen LogP) is 1.72. The zero-order chi connectivity index (χ0) is 19.2. The van der Waals surface area contributed by atoms with Crippen molar-refractivity contribution in [2.75, 3.05) is 33.4 Å². The fourth-order valence-electron chi connectivity index (χ4n) is 4.25. The van der Waals surface area contributed by atoms with Crippen LogP contribution in [-0.4, -0.2) is 74.3 Å². The lowest BCUT2D eigenvalue weighted by atomic mass is 9.85. The van der Waals surface area contributed by atoms with Crippen LogP contribution in [0.1, 0.15) is 52.4 Å². The molecule has 162 valence electrons. The Kier molecular flexibility index (Phi) is 9.76. The molecule has 3 aliphatic rings. The van der Waals surface area contributed by atoms with Crippen molar-refractivity contribution >= 4 is 35.8 Å². The summed E-state index contributed by atoms with van der Waals surface area (Å²) < 4.78 is 5.54. The van der Waals surface area contributed by atoms with Crippen LogP contribution in [0.5, 0.6) is 0 Å². The van der Waals surface area contributed by atoms with E-state index in [1.54, 1.807) is 0 Å². The summed E-state index contributed by atoms with van der Waals surface area (Å²) in [7, 11) is 1.82. The zero-order valence-corrected chi connectivity index (χ0v) is 19.9. The van der Waals surface area contributed by atoms with Gasteiger partial charge in [-0.1, -0.05) is 6.42 Å². The number of guanidine groups is 1. The highest BCUT2D eigenvalue weighted by molar-refractivity contribution is 14.0. The maximum Gasteiger partial charge on any atom is 0.223 e. The van der Waals surface area contributed by atoms with E-state index in [0.29, 0.717) is 24.2 Å². The first-order chi connectivity index (χ1) is 13.1. The molecule has 0 bridgehead atoms. The van der Waals surface area contributed by atoms with E-state index in [9.17, 15) is 4.79 Å². The molecule has 3 rings (SSSR count). The van der Waals surface area contributed by atoms with Crippen molar-refractivity contribution < 1.29 is 9.53 Å². The molecule has 1 aliphatic heterocycles. The molecule has 1 heterocycles. The molecule has 28 heavy (non-hydrogen) atoms. The lowest BCUT2D eigenvalue weighted by molar-refractivity contribution is -0.126. The number of morpholine rings is 1. The molecule has 0 radical (unpaired) electrons. The highest BCUT2D eigenvalue weighted by atomic mass is 127. The van der Waals surface area contributed by atoms with Crippen LogP contribution in [0.2, 0.25) is 0 Å². The molecule has 2 aliphatic carbocycles. The largest absolute Gasteiger partial charge is 0.379 e. The Hall–Kier alpha value is -0.610. The van der Waals surface area contributed by atoms with E-state index in [-0.39, 0.29) is 35.8 Å². The number of nitrogens with zero attached hydrogens (tertiary/aromatic N) is 2. The highest BCUT2D eigenvalue weighted by Gasteiger charge is 2.31. The van der Waals surface area contributed by atoms with E-state index in [4.69, 9.17) is 4.74 Å². The summed E-state index contributed by atoms with van der Waals surface area (Å²) >= 11 is 0. The summed E-state index contributed by atoms with van der Waals surface area (Å²) in [4.78, 5) is 19.3. The number of carbonyl (C=O) groups is 1. The van der Waals surface area contributed by atoms with Crippen molar-refractivity contribution in [3.05, 3.63) is 0 Å². The van der Waals surface area contributed by atoms with E-state index in [1.165, 1.54) is 0 Å². The van der Waals surface area contributed by atoms with E-state index >= 15 is 0 Å². The molecule has 8 heteroatoms. The monoisotopic (exact) mass is 507 g/mol. The van der Waals surface area contributed by atoms with Gasteiger partial charge in [0.2, 0.25) is 5.91 Å². The van der Waals surface area contributed by atoms with Gasteiger partial charge in [-0.15, -0.1) is 24.0 Å². The Balaban J connectivity index is 0.00000280. The summed E-state index contributed by atoms with van der Waals surface area (Å²) in [6.45, 7) is 7.93. The number of rotatable bonds is 6. The lowest BCUT2D eigenvalue weighted by Crippen LogP contribution is -2.54. The molecule has 3 N–H and O–H groups in total. The first kappa shape index (κ1) is 23.7. The van der Waals surface area contributed by atoms with Crippen LogP contribution in [0.3, 0.4) is 0 Å². The van der Waals surface area contributed by atoms with Gasteiger partial charge in [0.15, 0.2) is 5.96 Å².